The molecule has 1 spiro atoms. The van der Waals surface area contributed by atoms with Crippen molar-refractivity contribution in [3.05, 3.63) is 221 Å². The van der Waals surface area contributed by atoms with Crippen LogP contribution in [0.3, 0.4) is 0 Å². The summed E-state index contributed by atoms with van der Waals surface area (Å²) >= 11 is 1.90. The normalized spacial score (nSPS) is 14.8. The number of rotatable bonds is 3. The average molecular weight is 732 g/mol. The lowest BCUT2D eigenvalue weighted by Gasteiger charge is -2.46. The van der Waals surface area contributed by atoms with Crippen LogP contribution in [-0.4, -0.2) is 0 Å². The molecule has 0 atom stereocenters. The maximum Gasteiger partial charge on any atom is 0.0735 e. The molecule has 0 saturated heterocycles. The van der Waals surface area contributed by atoms with E-state index in [-0.39, 0.29) is 5.41 Å². The standard InChI is InChI=1S/C54H37NS/c1-53(2)43-19-7-5-16-38(43)40-29-28-37(33-48(40)53)55(36-27-26-34-14-3-4-15-35(34)32-36)49-31-30-41-39-17-6-8-20-44(39)54(47-23-13-18-42(49)52(41)47)45-21-9-11-24-50(45)56-51-25-12-10-22-46(51)54/h3-33H,1-2H3. The first kappa shape index (κ1) is 31.9. The Hall–Kier alpha value is -6.35. The average Bonchev–Trinajstić information content (AvgIpc) is 3.48. The minimum Gasteiger partial charge on any atom is -0.310 e. The number of nitrogens with zero attached hydrogens (tertiary/aromatic N) is 1. The highest BCUT2D eigenvalue weighted by atomic mass is 32.2. The molecule has 0 bridgehead atoms. The van der Waals surface area contributed by atoms with Crippen molar-refractivity contribution in [2.24, 2.45) is 0 Å². The van der Waals surface area contributed by atoms with Crippen LogP contribution in [0.15, 0.2) is 198 Å². The van der Waals surface area contributed by atoms with E-state index >= 15 is 0 Å². The van der Waals surface area contributed by atoms with Gasteiger partial charge in [0.2, 0.25) is 0 Å². The van der Waals surface area contributed by atoms with Crippen LogP contribution in [0.2, 0.25) is 0 Å². The van der Waals surface area contributed by atoms with E-state index in [1.54, 1.807) is 0 Å². The topological polar surface area (TPSA) is 3.24 Å². The predicted molar refractivity (Wildman–Crippen MR) is 235 cm³/mol. The Bertz CT molecular complexity index is 3070. The van der Waals surface area contributed by atoms with Crippen molar-refractivity contribution < 1.29 is 0 Å². The van der Waals surface area contributed by atoms with Crippen LogP contribution in [0.25, 0.3) is 43.8 Å². The van der Waals surface area contributed by atoms with Gasteiger partial charge in [-0.15, -0.1) is 0 Å². The number of hydrogen-bond acceptors (Lipinski definition) is 2. The maximum absolute atomic E-state index is 2.51. The zero-order chi connectivity index (χ0) is 37.2. The minimum atomic E-state index is -0.475. The molecule has 3 aliphatic rings. The fourth-order valence-electron chi connectivity index (χ4n) is 10.5. The molecule has 0 fully saturated rings. The van der Waals surface area contributed by atoms with Crippen LogP contribution in [0, 0.1) is 0 Å². The summed E-state index contributed by atoms with van der Waals surface area (Å²) in [6.45, 7) is 4.75. The van der Waals surface area contributed by atoms with E-state index in [9.17, 15) is 0 Å². The highest BCUT2D eigenvalue weighted by Crippen LogP contribution is 2.62. The Morgan fingerprint density at radius 1 is 0.393 bits per heavy atom. The Kier molecular flexibility index (Phi) is 6.61. The lowest BCUT2D eigenvalue weighted by molar-refractivity contribution is 0.660. The largest absolute Gasteiger partial charge is 0.310 e. The molecule has 0 amide bonds. The van der Waals surface area contributed by atoms with E-state index in [1.165, 1.54) is 92.7 Å². The molecule has 264 valence electrons. The van der Waals surface area contributed by atoms with E-state index in [0.29, 0.717) is 0 Å². The molecule has 56 heavy (non-hydrogen) atoms. The fraction of sp³-hybridized carbons (Fsp3) is 0.0741. The predicted octanol–water partition coefficient (Wildman–Crippen LogP) is 14.6. The summed E-state index contributed by atoms with van der Waals surface area (Å²) in [6.07, 6.45) is 0. The van der Waals surface area contributed by atoms with Gasteiger partial charge in [-0.3, -0.25) is 0 Å². The molecule has 12 rings (SSSR count). The van der Waals surface area contributed by atoms with E-state index in [4.69, 9.17) is 0 Å². The molecule has 2 aliphatic carbocycles. The Morgan fingerprint density at radius 2 is 0.946 bits per heavy atom. The molecule has 0 unspecified atom stereocenters. The SMILES string of the molecule is CC1(C)c2ccccc2-c2ccc(N(c3ccc4ccccc4c3)c3ccc4c5c(cccc35)C3(c5ccccc5Sc5ccccc53)c3ccccc3-4)cc21. The number of fused-ring (bicyclic) bond motifs is 12. The van der Waals surface area contributed by atoms with Gasteiger partial charge in [-0.05, 0) is 114 Å². The van der Waals surface area contributed by atoms with Crippen LogP contribution in [-0.2, 0) is 10.8 Å². The van der Waals surface area contributed by atoms with Crippen molar-refractivity contribution in [1.82, 2.24) is 0 Å². The molecule has 1 aliphatic heterocycles. The summed E-state index contributed by atoms with van der Waals surface area (Å²) < 4.78 is 0. The van der Waals surface area contributed by atoms with Crippen molar-refractivity contribution in [1.29, 1.82) is 0 Å². The Balaban J connectivity index is 1.18. The smallest absolute Gasteiger partial charge is 0.0735 e. The quantitative estimate of drug-likeness (QED) is 0.178. The highest BCUT2D eigenvalue weighted by molar-refractivity contribution is 7.99. The van der Waals surface area contributed by atoms with Crippen molar-refractivity contribution in [3.63, 3.8) is 0 Å². The van der Waals surface area contributed by atoms with E-state index in [1.807, 2.05) is 11.8 Å². The molecular weight excluding hydrogens is 695 g/mol. The third-order valence-electron chi connectivity index (χ3n) is 12.9. The van der Waals surface area contributed by atoms with Crippen LogP contribution >= 0.6 is 11.8 Å². The van der Waals surface area contributed by atoms with Crippen LogP contribution in [0.4, 0.5) is 17.1 Å². The third kappa shape index (κ3) is 4.17. The van der Waals surface area contributed by atoms with Crippen molar-refractivity contribution in [2.75, 3.05) is 4.90 Å². The van der Waals surface area contributed by atoms with Crippen molar-refractivity contribution in [2.45, 2.75) is 34.5 Å². The first-order chi connectivity index (χ1) is 27.5. The Morgan fingerprint density at radius 3 is 1.71 bits per heavy atom. The van der Waals surface area contributed by atoms with Crippen LogP contribution in [0.5, 0.6) is 0 Å². The first-order valence-corrected chi connectivity index (χ1v) is 20.4. The number of anilines is 3. The molecule has 9 aromatic rings. The van der Waals surface area contributed by atoms with Gasteiger partial charge in [0.1, 0.15) is 0 Å². The summed E-state index contributed by atoms with van der Waals surface area (Å²) in [5.74, 6) is 0. The highest BCUT2D eigenvalue weighted by Gasteiger charge is 2.48. The van der Waals surface area contributed by atoms with Gasteiger partial charge in [0.15, 0.2) is 0 Å². The molecule has 1 heterocycles. The van der Waals surface area contributed by atoms with Crippen LogP contribution < -0.4 is 4.90 Å². The monoisotopic (exact) mass is 731 g/mol. The first-order valence-electron chi connectivity index (χ1n) is 19.6. The second-order valence-corrected chi connectivity index (χ2v) is 17.1. The second-order valence-electron chi connectivity index (χ2n) is 16.0. The van der Waals surface area contributed by atoms with Gasteiger partial charge in [0.05, 0.1) is 11.1 Å². The third-order valence-corrected chi connectivity index (χ3v) is 14.1. The fourth-order valence-corrected chi connectivity index (χ4v) is 11.7. The lowest BCUT2D eigenvalue weighted by atomic mass is 9.59. The number of benzene rings is 9. The van der Waals surface area contributed by atoms with Gasteiger partial charge >= 0.3 is 0 Å². The zero-order valence-electron chi connectivity index (χ0n) is 31.3. The number of hydrogen-bond donors (Lipinski definition) is 0. The van der Waals surface area contributed by atoms with Gasteiger partial charge in [0.25, 0.3) is 0 Å². The lowest BCUT2D eigenvalue weighted by Crippen LogP contribution is -2.36. The van der Waals surface area contributed by atoms with E-state index in [2.05, 4.69) is 207 Å². The summed E-state index contributed by atoms with van der Waals surface area (Å²) in [4.78, 5) is 5.15. The van der Waals surface area contributed by atoms with Gasteiger partial charge < -0.3 is 4.90 Å². The molecule has 1 nitrogen and oxygen atoms in total. The van der Waals surface area contributed by atoms with Gasteiger partial charge in [-0.2, -0.15) is 0 Å². The summed E-state index contributed by atoms with van der Waals surface area (Å²) in [5, 5.41) is 5.04. The van der Waals surface area contributed by atoms with E-state index < -0.39 is 5.41 Å². The molecule has 0 aromatic heterocycles. The maximum atomic E-state index is 2.51. The molecule has 9 aromatic carbocycles. The summed E-state index contributed by atoms with van der Waals surface area (Å²) in [7, 11) is 0. The van der Waals surface area contributed by atoms with Crippen molar-refractivity contribution in [3.8, 4) is 22.3 Å². The van der Waals surface area contributed by atoms with E-state index in [0.717, 1.165) is 11.4 Å². The molecule has 0 radical (unpaired) electrons. The second kappa shape index (κ2) is 11.6. The summed E-state index contributed by atoms with van der Waals surface area (Å²) in [6, 6.07) is 70.9. The van der Waals surface area contributed by atoms with Gasteiger partial charge in [-0.1, -0.05) is 171 Å². The van der Waals surface area contributed by atoms with Crippen LogP contribution in [0.1, 0.15) is 47.2 Å². The molecule has 0 saturated carbocycles. The summed E-state index contributed by atoms with van der Waals surface area (Å²) in [5.41, 5.74) is 16.3. The molecular formula is C54H37NS. The molecule has 0 N–H and O–H groups in total. The molecule has 2 heteroatoms. The Labute approximate surface area is 331 Å². The van der Waals surface area contributed by atoms with Gasteiger partial charge in [0, 0.05) is 32.0 Å². The zero-order valence-corrected chi connectivity index (χ0v) is 32.1. The van der Waals surface area contributed by atoms with Gasteiger partial charge in [-0.25, -0.2) is 0 Å². The van der Waals surface area contributed by atoms with Crippen molar-refractivity contribution >= 4 is 50.4 Å². The minimum absolute atomic E-state index is 0.118.